The van der Waals surface area contributed by atoms with Crippen molar-refractivity contribution in [3.05, 3.63) is 98.6 Å². The van der Waals surface area contributed by atoms with Gasteiger partial charge in [0.1, 0.15) is 0 Å². The van der Waals surface area contributed by atoms with Gasteiger partial charge >= 0.3 is 6.03 Å². The highest BCUT2D eigenvalue weighted by atomic mass is 127. The molecule has 1 unspecified atom stereocenters. The van der Waals surface area contributed by atoms with Crippen LogP contribution in [-0.4, -0.2) is 31.7 Å². The Bertz CT molecular complexity index is 1230. The average molecular weight is 566 g/mol. The van der Waals surface area contributed by atoms with Gasteiger partial charge in [0.05, 0.1) is 17.2 Å². The van der Waals surface area contributed by atoms with Gasteiger partial charge in [-0.1, -0.05) is 54.1 Å². The molecule has 0 saturated heterocycles. The summed E-state index contributed by atoms with van der Waals surface area (Å²) in [5, 5.41) is 6.22. The topological polar surface area (TPSA) is 78.8 Å². The first kappa shape index (κ1) is 21.8. The number of nitrogens with zero attached hydrogens (tertiary/aromatic N) is 2. The predicted octanol–water partition coefficient (Wildman–Crippen LogP) is 4.85. The zero-order chi connectivity index (χ0) is 22.0. The fourth-order valence-corrected chi connectivity index (χ4v) is 4.73. The highest BCUT2D eigenvalue weighted by Crippen LogP contribution is 2.29. The molecule has 158 valence electrons. The first-order chi connectivity index (χ1) is 14.8. The number of hydrogen-bond acceptors (Lipinski definition) is 4. The van der Waals surface area contributed by atoms with Crippen molar-refractivity contribution in [2.45, 2.75) is 10.8 Å². The second-order valence-corrected chi connectivity index (χ2v) is 10.3. The molecule has 1 atom stereocenters. The van der Waals surface area contributed by atoms with Crippen molar-refractivity contribution in [2.24, 2.45) is 5.10 Å². The van der Waals surface area contributed by atoms with Crippen molar-refractivity contribution in [3.8, 4) is 0 Å². The van der Waals surface area contributed by atoms with E-state index in [4.69, 9.17) is 11.6 Å². The van der Waals surface area contributed by atoms with Crippen molar-refractivity contribution in [3.63, 3.8) is 0 Å². The summed E-state index contributed by atoms with van der Waals surface area (Å²) >= 11 is 8.09. The maximum absolute atomic E-state index is 12.8. The molecular formula is C22H17ClIN3O3S. The summed E-state index contributed by atoms with van der Waals surface area (Å²) in [6.07, 6.45) is 0. The van der Waals surface area contributed by atoms with Crippen LogP contribution in [0, 0.1) is 3.57 Å². The standard InChI is InChI=1S/C22H17ClIN3O3S/c23-17-8-6-16(7-9-17)21-20(15-4-2-1-3-5-15)14-27(25-21)22(28)26-31(29,30)19-12-10-18(24)11-13-19/h1-13,20H,14H2,(H,26,28). The molecule has 0 spiro atoms. The van der Waals surface area contributed by atoms with E-state index in [0.717, 1.165) is 19.7 Å². The van der Waals surface area contributed by atoms with Crippen molar-refractivity contribution in [1.29, 1.82) is 0 Å². The number of rotatable bonds is 4. The number of carbonyl (C=O) groups excluding carboxylic acids is 1. The van der Waals surface area contributed by atoms with Crippen molar-refractivity contribution in [1.82, 2.24) is 9.73 Å². The Labute approximate surface area is 199 Å². The van der Waals surface area contributed by atoms with Crippen LogP contribution in [0.5, 0.6) is 0 Å². The van der Waals surface area contributed by atoms with Crippen LogP contribution >= 0.6 is 34.2 Å². The molecule has 6 nitrogen and oxygen atoms in total. The number of benzene rings is 3. The van der Waals surface area contributed by atoms with Crippen LogP contribution in [0.2, 0.25) is 5.02 Å². The third-order valence-corrected chi connectivity index (χ3v) is 7.14. The van der Waals surface area contributed by atoms with Gasteiger partial charge in [-0.3, -0.25) is 0 Å². The summed E-state index contributed by atoms with van der Waals surface area (Å²) in [5.41, 5.74) is 2.46. The smallest absolute Gasteiger partial charge is 0.246 e. The van der Waals surface area contributed by atoms with Crippen LogP contribution in [0.4, 0.5) is 4.79 Å². The molecule has 0 aliphatic carbocycles. The van der Waals surface area contributed by atoms with E-state index in [2.05, 4.69) is 32.4 Å². The number of halogens is 2. The molecule has 0 saturated carbocycles. The lowest BCUT2D eigenvalue weighted by Crippen LogP contribution is -2.39. The number of carbonyl (C=O) groups is 1. The van der Waals surface area contributed by atoms with Gasteiger partial charge in [-0.05, 0) is 70.1 Å². The molecule has 0 fully saturated rings. The van der Waals surface area contributed by atoms with Crippen LogP contribution in [0.25, 0.3) is 0 Å². The van der Waals surface area contributed by atoms with E-state index in [1.165, 1.54) is 12.1 Å². The Hall–Kier alpha value is -2.43. The monoisotopic (exact) mass is 565 g/mol. The van der Waals surface area contributed by atoms with Gasteiger partial charge in [0.15, 0.2) is 0 Å². The fraction of sp³-hybridized carbons (Fsp3) is 0.0909. The molecule has 1 heterocycles. The summed E-state index contributed by atoms with van der Waals surface area (Å²) in [6, 6.07) is 22.3. The molecule has 2 amide bonds. The maximum Gasteiger partial charge on any atom is 0.351 e. The number of hydrogen-bond donors (Lipinski definition) is 1. The SMILES string of the molecule is O=C(NS(=O)(=O)c1ccc(I)cc1)N1CC(c2ccccc2)C(c2ccc(Cl)cc2)=N1. The fourth-order valence-electron chi connectivity index (χ4n) is 3.30. The van der Waals surface area contributed by atoms with Crippen molar-refractivity contribution >= 4 is 56.0 Å². The number of nitrogens with one attached hydrogen (secondary N) is 1. The van der Waals surface area contributed by atoms with Crippen LogP contribution in [0.15, 0.2) is 88.9 Å². The Morgan fingerprint density at radius 2 is 1.65 bits per heavy atom. The third kappa shape index (κ3) is 4.91. The Kier molecular flexibility index (Phi) is 6.31. The van der Waals surface area contributed by atoms with Crippen LogP contribution in [0.3, 0.4) is 0 Å². The van der Waals surface area contributed by atoms with Crippen LogP contribution < -0.4 is 4.72 Å². The minimum Gasteiger partial charge on any atom is -0.246 e. The Morgan fingerprint density at radius 3 is 2.29 bits per heavy atom. The lowest BCUT2D eigenvalue weighted by atomic mass is 9.91. The molecule has 3 aromatic rings. The quantitative estimate of drug-likeness (QED) is 0.460. The zero-order valence-electron chi connectivity index (χ0n) is 16.1. The molecule has 31 heavy (non-hydrogen) atoms. The van der Waals surface area contributed by atoms with E-state index in [1.807, 2.05) is 42.5 Å². The number of urea groups is 1. The number of sulfonamides is 1. The maximum atomic E-state index is 12.8. The molecule has 0 bridgehead atoms. The summed E-state index contributed by atoms with van der Waals surface area (Å²) in [4.78, 5) is 12.8. The van der Waals surface area contributed by atoms with Crippen LogP contribution in [0.1, 0.15) is 17.0 Å². The molecule has 9 heteroatoms. The van der Waals surface area contributed by atoms with Crippen molar-refractivity contribution < 1.29 is 13.2 Å². The Balaban J connectivity index is 1.62. The second-order valence-electron chi connectivity index (χ2n) is 6.90. The molecule has 3 aromatic carbocycles. The second kappa shape index (κ2) is 8.97. The van der Waals surface area contributed by atoms with Gasteiger partial charge in [0.2, 0.25) is 0 Å². The lowest BCUT2D eigenvalue weighted by molar-refractivity contribution is 0.210. The van der Waals surface area contributed by atoms with Crippen molar-refractivity contribution in [2.75, 3.05) is 6.54 Å². The third-order valence-electron chi connectivity index (χ3n) is 4.84. The minimum atomic E-state index is -4.01. The predicted molar refractivity (Wildman–Crippen MR) is 129 cm³/mol. The largest absolute Gasteiger partial charge is 0.351 e. The van der Waals surface area contributed by atoms with E-state index >= 15 is 0 Å². The normalized spacial score (nSPS) is 16.1. The molecule has 1 aliphatic heterocycles. The lowest BCUT2D eigenvalue weighted by Gasteiger charge is -2.16. The van der Waals surface area contributed by atoms with E-state index in [9.17, 15) is 13.2 Å². The van der Waals surface area contributed by atoms with Gasteiger partial charge in [0, 0.05) is 14.5 Å². The highest BCUT2D eigenvalue weighted by molar-refractivity contribution is 14.1. The average Bonchev–Trinajstić information content (AvgIpc) is 3.21. The molecular weight excluding hydrogens is 549 g/mol. The summed E-state index contributed by atoms with van der Waals surface area (Å²) in [6.45, 7) is 0.218. The first-order valence-electron chi connectivity index (χ1n) is 9.33. The minimum absolute atomic E-state index is 0.0157. The van der Waals surface area contributed by atoms with Gasteiger partial charge in [0.25, 0.3) is 10.0 Å². The van der Waals surface area contributed by atoms with Gasteiger partial charge in [-0.15, -0.1) is 0 Å². The van der Waals surface area contributed by atoms with Gasteiger partial charge < -0.3 is 0 Å². The number of amides is 2. The highest BCUT2D eigenvalue weighted by Gasteiger charge is 2.33. The van der Waals surface area contributed by atoms with Gasteiger partial charge in [-0.2, -0.15) is 5.10 Å². The molecule has 0 aromatic heterocycles. The molecule has 1 aliphatic rings. The van der Waals surface area contributed by atoms with Crippen LogP contribution in [-0.2, 0) is 10.0 Å². The zero-order valence-corrected chi connectivity index (χ0v) is 19.8. The molecule has 0 radical (unpaired) electrons. The van der Waals surface area contributed by atoms with E-state index in [-0.39, 0.29) is 17.4 Å². The van der Waals surface area contributed by atoms with E-state index in [0.29, 0.717) is 10.7 Å². The number of hydrazone groups is 1. The summed E-state index contributed by atoms with van der Waals surface area (Å²) in [5.74, 6) is -0.200. The Morgan fingerprint density at radius 1 is 1.00 bits per heavy atom. The van der Waals surface area contributed by atoms with E-state index < -0.39 is 16.1 Å². The van der Waals surface area contributed by atoms with Gasteiger partial charge in [-0.25, -0.2) is 22.9 Å². The first-order valence-corrected chi connectivity index (χ1v) is 12.3. The molecule has 4 rings (SSSR count). The summed E-state index contributed by atoms with van der Waals surface area (Å²) < 4.78 is 28.3. The van der Waals surface area contributed by atoms with E-state index in [1.54, 1.807) is 24.3 Å². The molecule has 1 N–H and O–H groups in total. The summed E-state index contributed by atoms with van der Waals surface area (Å²) in [7, 11) is -4.01.